The van der Waals surface area contributed by atoms with Crippen molar-refractivity contribution in [2.75, 3.05) is 13.1 Å². The van der Waals surface area contributed by atoms with Gasteiger partial charge in [0.05, 0.1) is 28.3 Å². The minimum atomic E-state index is -0.245. The maximum atomic E-state index is 12.1. The first-order valence-corrected chi connectivity index (χ1v) is 11.1. The highest BCUT2D eigenvalue weighted by molar-refractivity contribution is 7.18. The molecule has 1 fully saturated rings. The number of aromatic nitrogens is 1. The average molecular weight is 406 g/mol. The molecule has 0 saturated carbocycles. The summed E-state index contributed by atoms with van der Waals surface area (Å²) in [4.78, 5) is 18.6. The van der Waals surface area contributed by atoms with Gasteiger partial charge in [-0.15, -0.1) is 11.3 Å². The molecule has 29 heavy (non-hydrogen) atoms. The van der Waals surface area contributed by atoms with Crippen molar-refractivity contribution < 1.29 is 9.32 Å². The summed E-state index contributed by atoms with van der Waals surface area (Å²) in [6, 6.07) is 14.3. The van der Waals surface area contributed by atoms with Crippen molar-refractivity contribution in [2.45, 2.75) is 39.2 Å². The number of hydrogen-bond donors (Lipinski definition) is 1. The summed E-state index contributed by atoms with van der Waals surface area (Å²) in [7, 11) is 0. The third-order valence-corrected chi connectivity index (χ3v) is 7.51. The van der Waals surface area contributed by atoms with Gasteiger partial charge in [-0.1, -0.05) is 24.3 Å². The molecule has 0 radical (unpaired) electrons. The average Bonchev–Trinajstić information content (AvgIpc) is 3.16. The number of thiazole rings is 1. The molecular formula is C24H25N2O2S+. The number of likely N-dealkylation sites (tertiary alicyclic amines) is 1. The molecule has 1 aliphatic heterocycles. The summed E-state index contributed by atoms with van der Waals surface area (Å²) >= 11 is 1.84. The molecule has 0 amide bonds. The molecule has 0 spiro atoms. The van der Waals surface area contributed by atoms with Gasteiger partial charge in [-0.3, -0.25) is 0 Å². The first-order valence-electron chi connectivity index (χ1n) is 10.3. The van der Waals surface area contributed by atoms with Crippen LogP contribution >= 0.6 is 11.3 Å². The second kappa shape index (κ2) is 7.39. The summed E-state index contributed by atoms with van der Waals surface area (Å²) in [6.07, 6.45) is 2.29. The zero-order chi connectivity index (χ0) is 20.0. The SMILES string of the molecule is Cc1ccc2c(C[NH+]3CCC(c4nc5ccccc5s4)CC3)cc(=O)oc2c1C. The summed E-state index contributed by atoms with van der Waals surface area (Å²) in [5, 5.41) is 2.36. The number of aryl methyl sites for hydroxylation is 2. The monoisotopic (exact) mass is 405 g/mol. The second-order valence-corrected chi connectivity index (χ2v) is 9.26. The van der Waals surface area contributed by atoms with E-state index >= 15 is 0 Å². The van der Waals surface area contributed by atoms with Crippen molar-refractivity contribution in [1.82, 2.24) is 4.98 Å². The smallest absolute Gasteiger partial charge is 0.336 e. The molecule has 1 aliphatic rings. The summed E-state index contributed by atoms with van der Waals surface area (Å²) < 4.78 is 6.82. The Balaban J connectivity index is 1.34. The maximum absolute atomic E-state index is 12.1. The van der Waals surface area contributed by atoms with Crippen LogP contribution in [0, 0.1) is 13.8 Å². The standard InChI is InChI=1S/C24H24N2O2S/c1-15-7-8-19-18(13-22(27)28-23(19)16(15)2)14-26-11-9-17(10-12-26)24-25-20-5-3-4-6-21(20)29-24/h3-8,13,17H,9-12,14H2,1-2H3/p+1. The van der Waals surface area contributed by atoms with Crippen molar-refractivity contribution in [2.24, 2.45) is 0 Å². The van der Waals surface area contributed by atoms with Crippen LogP contribution in [0.5, 0.6) is 0 Å². The number of para-hydroxylation sites is 1. The van der Waals surface area contributed by atoms with Crippen LogP contribution < -0.4 is 10.5 Å². The number of quaternary nitrogens is 1. The Hall–Kier alpha value is -2.50. The van der Waals surface area contributed by atoms with E-state index in [0.29, 0.717) is 5.92 Å². The van der Waals surface area contributed by atoms with E-state index in [1.165, 1.54) is 14.6 Å². The number of hydrogen-bond acceptors (Lipinski definition) is 4. The van der Waals surface area contributed by atoms with Crippen LogP contribution in [-0.2, 0) is 6.54 Å². The third kappa shape index (κ3) is 3.49. The zero-order valence-corrected chi connectivity index (χ0v) is 17.6. The van der Waals surface area contributed by atoms with Crippen molar-refractivity contribution in [3.05, 3.63) is 74.6 Å². The third-order valence-electron chi connectivity index (χ3n) is 6.31. The van der Waals surface area contributed by atoms with Gasteiger partial charge < -0.3 is 9.32 Å². The van der Waals surface area contributed by atoms with Crippen LogP contribution in [0.2, 0.25) is 0 Å². The molecule has 0 unspecified atom stereocenters. The summed E-state index contributed by atoms with van der Waals surface area (Å²) in [6.45, 7) is 7.16. The van der Waals surface area contributed by atoms with Gasteiger partial charge in [0.25, 0.3) is 0 Å². The van der Waals surface area contributed by atoms with Gasteiger partial charge in [-0.25, -0.2) is 9.78 Å². The van der Waals surface area contributed by atoms with Crippen molar-refractivity contribution in [1.29, 1.82) is 0 Å². The van der Waals surface area contributed by atoms with Crippen LogP contribution in [-0.4, -0.2) is 18.1 Å². The van der Waals surface area contributed by atoms with Crippen molar-refractivity contribution in [3.63, 3.8) is 0 Å². The van der Waals surface area contributed by atoms with Gasteiger partial charge in [0.15, 0.2) is 0 Å². The fourth-order valence-electron chi connectivity index (χ4n) is 4.45. The second-order valence-electron chi connectivity index (χ2n) is 8.20. The topological polar surface area (TPSA) is 47.5 Å². The Bertz CT molecular complexity index is 1220. The number of rotatable bonds is 3. The number of benzene rings is 2. The fourth-order valence-corrected chi connectivity index (χ4v) is 5.59. The lowest BCUT2D eigenvalue weighted by molar-refractivity contribution is -0.918. The van der Waals surface area contributed by atoms with Crippen LogP contribution in [0.15, 0.2) is 51.7 Å². The Morgan fingerprint density at radius 2 is 1.93 bits per heavy atom. The van der Waals surface area contributed by atoms with E-state index in [9.17, 15) is 4.79 Å². The number of nitrogens with one attached hydrogen (secondary N) is 1. The van der Waals surface area contributed by atoms with E-state index < -0.39 is 0 Å². The highest BCUT2D eigenvalue weighted by Crippen LogP contribution is 2.31. The van der Waals surface area contributed by atoms with Crippen LogP contribution in [0.3, 0.4) is 0 Å². The van der Waals surface area contributed by atoms with Crippen LogP contribution in [0.1, 0.15) is 40.5 Å². The normalized spacial score (nSPS) is 19.8. The molecule has 2 aromatic heterocycles. The molecule has 4 aromatic rings. The van der Waals surface area contributed by atoms with Crippen LogP contribution in [0.4, 0.5) is 0 Å². The van der Waals surface area contributed by atoms with Gasteiger partial charge in [0, 0.05) is 35.8 Å². The Morgan fingerprint density at radius 3 is 2.72 bits per heavy atom. The van der Waals surface area contributed by atoms with Gasteiger partial charge in [-0.05, 0) is 37.1 Å². The number of piperidine rings is 1. The van der Waals surface area contributed by atoms with E-state index in [1.807, 2.05) is 18.3 Å². The van der Waals surface area contributed by atoms with Crippen molar-refractivity contribution >= 4 is 32.5 Å². The lowest BCUT2D eigenvalue weighted by Gasteiger charge is -2.28. The molecule has 1 saturated heterocycles. The first kappa shape index (κ1) is 18.5. The summed E-state index contributed by atoms with van der Waals surface area (Å²) in [5.41, 5.74) is 4.94. The lowest BCUT2D eigenvalue weighted by Crippen LogP contribution is -3.11. The van der Waals surface area contributed by atoms with Gasteiger partial charge in [-0.2, -0.15) is 0 Å². The van der Waals surface area contributed by atoms with Gasteiger partial charge >= 0.3 is 5.63 Å². The molecule has 0 atom stereocenters. The Kier molecular flexibility index (Phi) is 4.72. The predicted octanol–water partition coefficient (Wildman–Crippen LogP) is 3.98. The maximum Gasteiger partial charge on any atom is 0.336 e. The molecule has 2 aromatic carbocycles. The Labute approximate surface area is 173 Å². The van der Waals surface area contributed by atoms with E-state index in [1.54, 1.807) is 6.07 Å². The predicted molar refractivity (Wildman–Crippen MR) is 118 cm³/mol. The minimum absolute atomic E-state index is 0.245. The van der Waals surface area contributed by atoms with Crippen LogP contribution in [0.25, 0.3) is 21.2 Å². The lowest BCUT2D eigenvalue weighted by atomic mass is 9.96. The van der Waals surface area contributed by atoms with Crippen molar-refractivity contribution in [3.8, 4) is 0 Å². The fraction of sp³-hybridized carbons (Fsp3) is 0.333. The highest BCUT2D eigenvalue weighted by atomic mass is 32.1. The minimum Gasteiger partial charge on any atom is -0.422 e. The molecule has 0 aliphatic carbocycles. The Morgan fingerprint density at radius 1 is 1.14 bits per heavy atom. The molecule has 4 nitrogen and oxygen atoms in total. The molecule has 1 N–H and O–H groups in total. The van der Waals surface area contributed by atoms with E-state index in [0.717, 1.165) is 65.7 Å². The zero-order valence-electron chi connectivity index (χ0n) is 16.8. The number of fused-ring (bicyclic) bond motifs is 2. The molecule has 5 rings (SSSR count). The highest BCUT2D eigenvalue weighted by Gasteiger charge is 2.26. The van der Waals surface area contributed by atoms with E-state index in [2.05, 4.69) is 43.3 Å². The van der Waals surface area contributed by atoms with E-state index in [-0.39, 0.29) is 5.63 Å². The largest absolute Gasteiger partial charge is 0.422 e. The molecular weight excluding hydrogens is 380 g/mol. The molecule has 5 heteroatoms. The van der Waals surface area contributed by atoms with E-state index in [4.69, 9.17) is 9.40 Å². The molecule has 0 bridgehead atoms. The quantitative estimate of drug-likeness (QED) is 0.525. The van der Waals surface area contributed by atoms with Gasteiger partial charge in [0.2, 0.25) is 0 Å². The molecule has 148 valence electrons. The van der Waals surface area contributed by atoms with Gasteiger partial charge in [0.1, 0.15) is 12.1 Å². The number of nitrogens with zero attached hydrogens (tertiary/aromatic N) is 1. The first-order chi connectivity index (χ1) is 14.1. The summed E-state index contributed by atoms with van der Waals surface area (Å²) in [5.74, 6) is 0.554. The molecule has 3 heterocycles.